The van der Waals surface area contributed by atoms with Gasteiger partial charge in [-0.25, -0.2) is 0 Å². The second kappa shape index (κ2) is 8.86. The molecule has 0 spiro atoms. The first kappa shape index (κ1) is 21.0. The van der Waals surface area contributed by atoms with Crippen molar-refractivity contribution in [2.45, 2.75) is 59.4 Å². The number of carbonyl (C=O) groups excluding carboxylic acids is 1. The van der Waals surface area contributed by atoms with Crippen molar-refractivity contribution >= 4 is 18.3 Å². The number of likely N-dealkylation sites (tertiary alicyclic amines) is 1. The van der Waals surface area contributed by atoms with Crippen LogP contribution in [0.4, 0.5) is 0 Å². The van der Waals surface area contributed by atoms with Crippen molar-refractivity contribution in [1.29, 1.82) is 0 Å². The third-order valence-electron chi connectivity index (χ3n) is 4.65. The summed E-state index contributed by atoms with van der Waals surface area (Å²) in [6.07, 6.45) is 4.77. The van der Waals surface area contributed by atoms with Gasteiger partial charge in [0.05, 0.1) is 23.0 Å². The summed E-state index contributed by atoms with van der Waals surface area (Å²) in [5, 5.41) is 7.90. The zero-order valence-electron chi connectivity index (χ0n) is 15.8. The van der Waals surface area contributed by atoms with Crippen LogP contribution in [0.25, 0.3) is 0 Å². The molecule has 1 saturated heterocycles. The molecule has 0 radical (unpaired) electrons. The number of halogens is 1. The first-order chi connectivity index (χ1) is 10.9. The molecule has 0 saturated carbocycles. The highest BCUT2D eigenvalue weighted by atomic mass is 35.5. The topological polar surface area (TPSA) is 50.2 Å². The quantitative estimate of drug-likeness (QED) is 0.882. The first-order valence-corrected chi connectivity index (χ1v) is 8.95. The van der Waals surface area contributed by atoms with Gasteiger partial charge >= 0.3 is 0 Å². The maximum Gasteiger partial charge on any atom is 0.257 e. The molecule has 138 valence electrons. The van der Waals surface area contributed by atoms with Crippen LogP contribution in [0.5, 0.6) is 0 Å². The smallest absolute Gasteiger partial charge is 0.257 e. The maximum absolute atomic E-state index is 12.9. The fourth-order valence-electron chi connectivity index (χ4n) is 3.33. The van der Waals surface area contributed by atoms with Gasteiger partial charge in [0.15, 0.2) is 0 Å². The van der Waals surface area contributed by atoms with Gasteiger partial charge in [-0.2, -0.15) is 5.10 Å². The van der Waals surface area contributed by atoms with Crippen molar-refractivity contribution in [3.8, 4) is 0 Å². The summed E-state index contributed by atoms with van der Waals surface area (Å²) >= 11 is 0. The molecular formula is C18H33ClN4O. The van der Waals surface area contributed by atoms with E-state index in [2.05, 4.69) is 45.0 Å². The normalized spacial score (nSPS) is 16.1. The van der Waals surface area contributed by atoms with E-state index in [1.165, 1.54) is 0 Å². The highest BCUT2D eigenvalue weighted by molar-refractivity contribution is 5.95. The fourth-order valence-corrected chi connectivity index (χ4v) is 3.33. The van der Waals surface area contributed by atoms with Crippen molar-refractivity contribution in [2.24, 2.45) is 5.92 Å². The highest BCUT2D eigenvalue weighted by Gasteiger charge is 2.28. The molecular weight excluding hydrogens is 324 g/mol. The van der Waals surface area contributed by atoms with Crippen LogP contribution in [-0.4, -0.2) is 46.8 Å². The molecule has 2 rings (SSSR count). The zero-order chi connectivity index (χ0) is 17.0. The van der Waals surface area contributed by atoms with E-state index >= 15 is 0 Å². The Kier molecular flexibility index (Phi) is 7.74. The number of rotatable bonds is 5. The number of hydrogen-bond donors (Lipinski definition) is 1. The van der Waals surface area contributed by atoms with Gasteiger partial charge in [0, 0.05) is 13.1 Å². The summed E-state index contributed by atoms with van der Waals surface area (Å²) in [5.74, 6) is 0.848. The first-order valence-electron chi connectivity index (χ1n) is 8.95. The minimum atomic E-state index is -0.0946. The molecule has 0 unspecified atom stereocenters. The summed E-state index contributed by atoms with van der Waals surface area (Å²) in [7, 11) is 0. The number of nitrogens with zero attached hydrogens (tertiary/aromatic N) is 3. The van der Waals surface area contributed by atoms with Crippen molar-refractivity contribution in [3.63, 3.8) is 0 Å². The van der Waals surface area contributed by atoms with E-state index in [0.29, 0.717) is 5.92 Å². The second-order valence-electron chi connectivity index (χ2n) is 7.48. The number of piperidine rings is 1. The lowest BCUT2D eigenvalue weighted by Gasteiger charge is -2.32. The predicted octanol–water partition coefficient (Wildman–Crippen LogP) is 3.08. The standard InChI is InChI=1S/C18H32N4O.ClH/c1-6-16-15(13-20-22(16)18(3,4)5)17(23)21-10-8-14(9-11-21)12-19-7-2;/h13-14,19H,6-12H2,1-5H3;1H. The van der Waals surface area contributed by atoms with Gasteiger partial charge in [-0.05, 0) is 59.0 Å². The average molecular weight is 357 g/mol. The van der Waals surface area contributed by atoms with E-state index in [9.17, 15) is 4.79 Å². The van der Waals surface area contributed by atoms with Gasteiger partial charge in [0.25, 0.3) is 5.91 Å². The molecule has 6 heteroatoms. The summed E-state index contributed by atoms with van der Waals surface area (Å²) in [6.45, 7) is 14.4. The molecule has 1 aliphatic rings. The molecule has 24 heavy (non-hydrogen) atoms. The molecule has 0 atom stereocenters. The molecule has 1 amide bonds. The van der Waals surface area contributed by atoms with Gasteiger partial charge in [-0.3, -0.25) is 9.48 Å². The Labute approximate surface area is 152 Å². The Hall–Kier alpha value is -1.07. The molecule has 1 aliphatic heterocycles. The van der Waals surface area contributed by atoms with Crippen molar-refractivity contribution in [1.82, 2.24) is 20.0 Å². The fraction of sp³-hybridized carbons (Fsp3) is 0.778. The lowest BCUT2D eigenvalue weighted by molar-refractivity contribution is 0.0689. The predicted molar refractivity (Wildman–Crippen MR) is 101 cm³/mol. The van der Waals surface area contributed by atoms with Gasteiger partial charge in [0.2, 0.25) is 0 Å². The molecule has 1 N–H and O–H groups in total. The van der Waals surface area contributed by atoms with Gasteiger partial charge in [-0.1, -0.05) is 13.8 Å². The zero-order valence-corrected chi connectivity index (χ0v) is 16.6. The van der Waals surface area contributed by atoms with E-state index < -0.39 is 0 Å². The Bertz CT molecular complexity index is 528. The molecule has 5 nitrogen and oxygen atoms in total. The number of carbonyl (C=O) groups is 1. The Morgan fingerprint density at radius 1 is 1.29 bits per heavy atom. The van der Waals surface area contributed by atoms with E-state index in [-0.39, 0.29) is 23.9 Å². The Morgan fingerprint density at radius 3 is 2.42 bits per heavy atom. The van der Waals surface area contributed by atoms with Crippen LogP contribution in [0.15, 0.2) is 6.20 Å². The van der Waals surface area contributed by atoms with Crippen LogP contribution in [0.2, 0.25) is 0 Å². The molecule has 1 aromatic heterocycles. The number of aromatic nitrogens is 2. The summed E-state index contributed by atoms with van der Waals surface area (Å²) in [5.41, 5.74) is 1.74. The van der Waals surface area contributed by atoms with Crippen molar-refractivity contribution < 1.29 is 4.79 Å². The average Bonchev–Trinajstić information content (AvgIpc) is 2.96. The molecule has 2 heterocycles. The molecule has 0 aliphatic carbocycles. The van der Waals surface area contributed by atoms with Crippen LogP contribution in [-0.2, 0) is 12.0 Å². The minimum Gasteiger partial charge on any atom is -0.339 e. The molecule has 1 fully saturated rings. The van der Waals surface area contributed by atoms with Gasteiger partial charge < -0.3 is 10.2 Å². The Morgan fingerprint density at radius 2 is 1.92 bits per heavy atom. The summed E-state index contributed by atoms with van der Waals surface area (Å²) < 4.78 is 2.00. The monoisotopic (exact) mass is 356 g/mol. The third kappa shape index (κ3) is 4.73. The SMILES string of the molecule is CCNCC1CCN(C(=O)c2cnn(C(C)(C)C)c2CC)CC1.Cl. The van der Waals surface area contributed by atoms with Crippen molar-refractivity contribution in [3.05, 3.63) is 17.5 Å². The lowest BCUT2D eigenvalue weighted by Crippen LogP contribution is -2.41. The molecule has 0 bridgehead atoms. The van der Waals surface area contributed by atoms with Crippen LogP contribution >= 0.6 is 12.4 Å². The van der Waals surface area contributed by atoms with E-state index in [0.717, 1.165) is 56.7 Å². The number of hydrogen-bond acceptors (Lipinski definition) is 3. The van der Waals surface area contributed by atoms with Gasteiger partial charge in [-0.15, -0.1) is 12.4 Å². The highest BCUT2D eigenvalue weighted by Crippen LogP contribution is 2.23. The minimum absolute atomic E-state index is 0. The van der Waals surface area contributed by atoms with Crippen molar-refractivity contribution in [2.75, 3.05) is 26.2 Å². The van der Waals surface area contributed by atoms with Crippen LogP contribution in [0.3, 0.4) is 0 Å². The van der Waals surface area contributed by atoms with Crippen LogP contribution in [0, 0.1) is 5.92 Å². The van der Waals surface area contributed by atoms with Crippen LogP contribution in [0.1, 0.15) is 63.5 Å². The lowest BCUT2D eigenvalue weighted by atomic mass is 9.96. The molecule has 0 aromatic carbocycles. The third-order valence-corrected chi connectivity index (χ3v) is 4.65. The van der Waals surface area contributed by atoms with Crippen LogP contribution < -0.4 is 5.32 Å². The number of nitrogens with one attached hydrogen (secondary N) is 1. The largest absolute Gasteiger partial charge is 0.339 e. The van der Waals surface area contributed by atoms with E-state index in [1.807, 2.05) is 9.58 Å². The summed E-state index contributed by atoms with van der Waals surface area (Å²) in [4.78, 5) is 14.9. The number of amides is 1. The molecule has 1 aromatic rings. The van der Waals surface area contributed by atoms with Gasteiger partial charge in [0.1, 0.15) is 0 Å². The van der Waals surface area contributed by atoms with E-state index in [1.54, 1.807) is 6.20 Å². The second-order valence-corrected chi connectivity index (χ2v) is 7.48. The maximum atomic E-state index is 12.9. The Balaban J connectivity index is 0.00000288. The van der Waals surface area contributed by atoms with E-state index in [4.69, 9.17) is 0 Å². The summed E-state index contributed by atoms with van der Waals surface area (Å²) in [6, 6.07) is 0.